The summed E-state index contributed by atoms with van der Waals surface area (Å²) in [5.41, 5.74) is -0.0163. The Morgan fingerprint density at radius 1 is 1.42 bits per heavy atom. The molecule has 108 valence electrons. The molecule has 0 aromatic carbocycles. The number of aryl methyl sites for hydroxylation is 1. The van der Waals surface area contributed by atoms with E-state index in [1.165, 1.54) is 19.3 Å². The highest BCUT2D eigenvalue weighted by atomic mass is 16.5. The van der Waals surface area contributed by atoms with E-state index in [1.807, 2.05) is 20.4 Å². The molecule has 1 aliphatic carbocycles. The van der Waals surface area contributed by atoms with Crippen molar-refractivity contribution in [3.8, 4) is 0 Å². The molecule has 1 heterocycles. The number of imidazole rings is 1. The summed E-state index contributed by atoms with van der Waals surface area (Å²) in [4.78, 5) is 4.50. The van der Waals surface area contributed by atoms with Crippen molar-refractivity contribution in [3.05, 3.63) is 18.2 Å². The standard InChI is InChI=1S/C15H27N3O/c1-4-18-11-10-17-14(18)12-13(16-2)15(19-3)8-6-5-7-9-15/h10-11,13,16H,4-9,12H2,1-3H3. The fourth-order valence-electron chi connectivity index (χ4n) is 3.40. The average molecular weight is 265 g/mol. The summed E-state index contributed by atoms with van der Waals surface area (Å²) in [5.74, 6) is 1.16. The minimum atomic E-state index is -0.0163. The summed E-state index contributed by atoms with van der Waals surface area (Å²) in [6.45, 7) is 3.14. The summed E-state index contributed by atoms with van der Waals surface area (Å²) >= 11 is 0. The lowest BCUT2D eigenvalue weighted by molar-refractivity contribution is -0.0662. The first kappa shape index (κ1) is 14.5. The Morgan fingerprint density at radius 3 is 2.74 bits per heavy atom. The Balaban J connectivity index is 2.14. The SMILES string of the molecule is CCn1ccnc1CC(NC)C1(OC)CCCCC1. The van der Waals surface area contributed by atoms with E-state index in [2.05, 4.69) is 28.0 Å². The molecule has 1 fully saturated rings. The van der Waals surface area contributed by atoms with E-state index in [0.717, 1.165) is 31.6 Å². The molecule has 4 nitrogen and oxygen atoms in total. The van der Waals surface area contributed by atoms with Crippen LogP contribution in [0.15, 0.2) is 12.4 Å². The maximum absolute atomic E-state index is 5.95. The number of aromatic nitrogens is 2. The Labute approximate surface area is 116 Å². The van der Waals surface area contributed by atoms with E-state index in [0.29, 0.717) is 6.04 Å². The topological polar surface area (TPSA) is 39.1 Å². The van der Waals surface area contributed by atoms with Gasteiger partial charge in [0.15, 0.2) is 0 Å². The van der Waals surface area contributed by atoms with Crippen LogP contribution in [0.3, 0.4) is 0 Å². The predicted octanol–water partition coefficient (Wildman–Crippen LogP) is 2.38. The van der Waals surface area contributed by atoms with Crippen LogP contribution in [0.5, 0.6) is 0 Å². The van der Waals surface area contributed by atoms with Gasteiger partial charge >= 0.3 is 0 Å². The molecule has 1 saturated carbocycles. The molecule has 0 amide bonds. The molecule has 1 aromatic heterocycles. The third-order valence-electron chi connectivity index (χ3n) is 4.62. The van der Waals surface area contributed by atoms with E-state index in [9.17, 15) is 0 Å². The number of rotatable bonds is 6. The van der Waals surface area contributed by atoms with Crippen LogP contribution in [0.4, 0.5) is 0 Å². The summed E-state index contributed by atoms with van der Waals surface area (Å²) < 4.78 is 8.17. The van der Waals surface area contributed by atoms with Gasteiger partial charge in [0.25, 0.3) is 0 Å². The molecule has 0 spiro atoms. The molecule has 2 rings (SSSR count). The molecule has 0 bridgehead atoms. The highest BCUT2D eigenvalue weighted by Gasteiger charge is 2.39. The van der Waals surface area contributed by atoms with E-state index < -0.39 is 0 Å². The van der Waals surface area contributed by atoms with Gasteiger partial charge in [-0.3, -0.25) is 0 Å². The molecule has 4 heteroatoms. The van der Waals surface area contributed by atoms with Gasteiger partial charge < -0.3 is 14.6 Å². The molecule has 1 atom stereocenters. The lowest BCUT2D eigenvalue weighted by atomic mass is 9.78. The zero-order valence-corrected chi connectivity index (χ0v) is 12.5. The van der Waals surface area contributed by atoms with Gasteiger partial charge in [-0.2, -0.15) is 0 Å². The molecular formula is C15H27N3O. The molecule has 1 unspecified atom stereocenters. The van der Waals surface area contributed by atoms with Gasteiger partial charge in [0.2, 0.25) is 0 Å². The second-order valence-corrected chi connectivity index (χ2v) is 5.50. The van der Waals surface area contributed by atoms with Crippen LogP contribution in [-0.4, -0.2) is 35.4 Å². The fraction of sp³-hybridized carbons (Fsp3) is 0.800. The van der Waals surface area contributed by atoms with Crippen LogP contribution >= 0.6 is 0 Å². The van der Waals surface area contributed by atoms with E-state index >= 15 is 0 Å². The minimum absolute atomic E-state index is 0.0163. The van der Waals surface area contributed by atoms with Gasteiger partial charge in [-0.1, -0.05) is 19.3 Å². The van der Waals surface area contributed by atoms with Crippen LogP contribution in [0.2, 0.25) is 0 Å². The van der Waals surface area contributed by atoms with Crippen LogP contribution in [0.1, 0.15) is 44.9 Å². The fourth-order valence-corrected chi connectivity index (χ4v) is 3.40. The van der Waals surface area contributed by atoms with Crippen molar-refractivity contribution in [1.82, 2.24) is 14.9 Å². The molecule has 1 aliphatic rings. The maximum atomic E-state index is 5.95. The Bertz CT molecular complexity index is 382. The second-order valence-electron chi connectivity index (χ2n) is 5.50. The van der Waals surface area contributed by atoms with Gasteiger partial charge in [-0.15, -0.1) is 0 Å². The molecule has 0 radical (unpaired) electrons. The third kappa shape index (κ3) is 3.00. The highest BCUT2D eigenvalue weighted by molar-refractivity contribution is 5.03. The quantitative estimate of drug-likeness (QED) is 0.858. The third-order valence-corrected chi connectivity index (χ3v) is 4.62. The second kappa shape index (κ2) is 6.53. The van der Waals surface area contributed by atoms with Gasteiger partial charge in [0, 0.05) is 38.5 Å². The Hall–Kier alpha value is -0.870. The van der Waals surface area contributed by atoms with Gasteiger partial charge in [0.05, 0.1) is 5.60 Å². The predicted molar refractivity (Wildman–Crippen MR) is 77.3 cm³/mol. The van der Waals surface area contributed by atoms with Crippen LogP contribution < -0.4 is 5.32 Å². The lowest BCUT2D eigenvalue weighted by Gasteiger charge is -2.42. The van der Waals surface area contributed by atoms with Crippen molar-refractivity contribution in [3.63, 3.8) is 0 Å². The summed E-state index contributed by atoms with van der Waals surface area (Å²) in [7, 11) is 3.90. The minimum Gasteiger partial charge on any atom is -0.377 e. The van der Waals surface area contributed by atoms with Crippen LogP contribution in [-0.2, 0) is 17.7 Å². The van der Waals surface area contributed by atoms with Crippen LogP contribution in [0.25, 0.3) is 0 Å². The highest BCUT2D eigenvalue weighted by Crippen LogP contribution is 2.35. The molecule has 0 aliphatic heterocycles. The maximum Gasteiger partial charge on any atom is 0.110 e. The zero-order valence-electron chi connectivity index (χ0n) is 12.5. The smallest absolute Gasteiger partial charge is 0.110 e. The first-order chi connectivity index (χ1) is 9.25. The zero-order chi connectivity index (χ0) is 13.7. The van der Waals surface area contributed by atoms with E-state index in [1.54, 1.807) is 0 Å². The molecule has 0 saturated heterocycles. The van der Waals surface area contributed by atoms with Crippen molar-refractivity contribution in [1.29, 1.82) is 0 Å². The van der Waals surface area contributed by atoms with E-state index in [-0.39, 0.29) is 5.60 Å². The van der Waals surface area contributed by atoms with Crippen molar-refractivity contribution in [2.24, 2.45) is 0 Å². The Kier molecular flexibility index (Phi) is 4.99. The number of likely N-dealkylation sites (N-methyl/N-ethyl adjacent to an activating group) is 1. The largest absolute Gasteiger partial charge is 0.377 e. The molecule has 1 aromatic rings. The van der Waals surface area contributed by atoms with Gasteiger partial charge in [-0.05, 0) is 26.8 Å². The van der Waals surface area contributed by atoms with Crippen molar-refractivity contribution in [2.75, 3.05) is 14.2 Å². The summed E-state index contributed by atoms with van der Waals surface area (Å²) in [6, 6.07) is 0.338. The normalized spacial score (nSPS) is 20.4. The summed E-state index contributed by atoms with van der Waals surface area (Å²) in [5, 5.41) is 3.47. The monoisotopic (exact) mass is 265 g/mol. The molecule has 1 N–H and O–H groups in total. The number of ether oxygens (including phenoxy) is 1. The number of nitrogens with one attached hydrogen (secondary N) is 1. The first-order valence-corrected chi connectivity index (χ1v) is 7.48. The molecular weight excluding hydrogens is 238 g/mol. The average Bonchev–Trinajstić information content (AvgIpc) is 2.92. The lowest BCUT2D eigenvalue weighted by Crippen LogP contribution is -2.53. The number of nitrogens with zero attached hydrogens (tertiary/aromatic N) is 2. The van der Waals surface area contributed by atoms with Gasteiger partial charge in [-0.25, -0.2) is 4.98 Å². The number of hydrogen-bond acceptors (Lipinski definition) is 3. The van der Waals surface area contributed by atoms with Crippen LogP contribution in [0, 0.1) is 0 Å². The van der Waals surface area contributed by atoms with Gasteiger partial charge in [0.1, 0.15) is 5.82 Å². The molecule has 19 heavy (non-hydrogen) atoms. The Morgan fingerprint density at radius 2 is 2.16 bits per heavy atom. The van der Waals surface area contributed by atoms with Crippen molar-refractivity contribution < 1.29 is 4.74 Å². The van der Waals surface area contributed by atoms with Crippen molar-refractivity contribution in [2.45, 2.75) is 63.6 Å². The number of methoxy groups -OCH3 is 1. The summed E-state index contributed by atoms with van der Waals surface area (Å²) in [6.07, 6.45) is 11.1. The first-order valence-electron chi connectivity index (χ1n) is 7.48. The van der Waals surface area contributed by atoms with Crippen molar-refractivity contribution >= 4 is 0 Å². The van der Waals surface area contributed by atoms with E-state index in [4.69, 9.17) is 4.74 Å². The number of hydrogen-bond donors (Lipinski definition) is 1.